The van der Waals surface area contributed by atoms with Crippen LogP contribution in [0, 0.1) is 5.92 Å². The van der Waals surface area contributed by atoms with Crippen molar-refractivity contribution < 1.29 is 14.3 Å². The van der Waals surface area contributed by atoms with Gasteiger partial charge >= 0.3 is 0 Å². The summed E-state index contributed by atoms with van der Waals surface area (Å²) in [6, 6.07) is 11.4. The number of methoxy groups -OCH3 is 1. The maximum Gasteiger partial charge on any atom is 0.259 e. The summed E-state index contributed by atoms with van der Waals surface area (Å²) in [4.78, 5) is 27.3. The van der Waals surface area contributed by atoms with E-state index in [4.69, 9.17) is 4.74 Å². The Labute approximate surface area is 171 Å². The summed E-state index contributed by atoms with van der Waals surface area (Å²) in [5, 5.41) is 7.40. The van der Waals surface area contributed by atoms with Crippen LogP contribution in [-0.2, 0) is 14.3 Å². The lowest BCUT2D eigenvalue weighted by molar-refractivity contribution is -0.139. The highest BCUT2D eigenvalue weighted by Gasteiger charge is 2.32. The van der Waals surface area contributed by atoms with E-state index < -0.39 is 6.10 Å². The molecule has 1 saturated heterocycles. The van der Waals surface area contributed by atoms with Gasteiger partial charge in [0.25, 0.3) is 5.91 Å². The number of anilines is 1. The van der Waals surface area contributed by atoms with Crippen LogP contribution in [0.2, 0.25) is 0 Å². The van der Waals surface area contributed by atoms with Crippen molar-refractivity contribution in [3.05, 3.63) is 48.2 Å². The van der Waals surface area contributed by atoms with Crippen molar-refractivity contribution in [3.8, 4) is 0 Å². The third-order valence-electron chi connectivity index (χ3n) is 6.07. The Hall–Kier alpha value is -2.67. The smallest absolute Gasteiger partial charge is 0.259 e. The maximum absolute atomic E-state index is 12.8. The average molecular weight is 396 g/mol. The van der Waals surface area contributed by atoms with Crippen LogP contribution in [0.4, 0.5) is 5.82 Å². The third-order valence-corrected chi connectivity index (χ3v) is 6.07. The van der Waals surface area contributed by atoms with Crippen molar-refractivity contribution in [2.75, 3.05) is 25.5 Å². The number of nitrogens with one attached hydrogen (secondary N) is 1. The predicted octanol–water partition coefficient (Wildman–Crippen LogP) is 3.17. The third kappa shape index (κ3) is 4.19. The summed E-state index contributed by atoms with van der Waals surface area (Å²) in [5.74, 6) is 0.999. The maximum atomic E-state index is 12.8. The number of rotatable bonds is 6. The molecular weight excluding hydrogens is 368 g/mol. The highest BCUT2D eigenvalue weighted by atomic mass is 16.5. The molecule has 0 unspecified atom stereocenters. The number of amides is 2. The van der Waals surface area contributed by atoms with Gasteiger partial charge in [0, 0.05) is 32.2 Å². The molecule has 29 heavy (non-hydrogen) atoms. The Bertz CT molecular complexity index is 839. The Balaban J connectivity index is 1.38. The quantitative estimate of drug-likeness (QED) is 0.814. The van der Waals surface area contributed by atoms with Crippen molar-refractivity contribution in [1.82, 2.24) is 14.7 Å². The minimum Gasteiger partial charge on any atom is -0.367 e. The van der Waals surface area contributed by atoms with Gasteiger partial charge in [0.05, 0.1) is 12.2 Å². The largest absolute Gasteiger partial charge is 0.367 e. The SMILES string of the molecule is CO[C@H](C(=O)Nc1ccnn1C1CCN(C(=O)C2CCC2)CC1)c1ccccc1. The zero-order valence-electron chi connectivity index (χ0n) is 16.8. The first-order valence-electron chi connectivity index (χ1n) is 10.4. The van der Waals surface area contributed by atoms with E-state index >= 15 is 0 Å². The van der Waals surface area contributed by atoms with Crippen molar-refractivity contribution in [1.29, 1.82) is 0 Å². The molecule has 154 valence electrons. The second kappa shape index (κ2) is 8.78. The van der Waals surface area contributed by atoms with Gasteiger partial charge < -0.3 is 15.0 Å². The van der Waals surface area contributed by atoms with Crippen LogP contribution in [0.25, 0.3) is 0 Å². The summed E-state index contributed by atoms with van der Waals surface area (Å²) in [7, 11) is 1.53. The van der Waals surface area contributed by atoms with Crippen molar-refractivity contribution in [2.45, 2.75) is 44.2 Å². The molecule has 1 atom stereocenters. The highest BCUT2D eigenvalue weighted by Crippen LogP contribution is 2.31. The Morgan fingerprint density at radius 3 is 2.45 bits per heavy atom. The summed E-state index contributed by atoms with van der Waals surface area (Å²) in [6.07, 6.45) is 5.96. The van der Waals surface area contributed by atoms with E-state index in [0.29, 0.717) is 11.7 Å². The summed E-state index contributed by atoms with van der Waals surface area (Å²) in [5.41, 5.74) is 0.807. The number of carbonyl (C=O) groups excluding carboxylic acids is 2. The normalized spacial score (nSPS) is 18.9. The van der Waals surface area contributed by atoms with Crippen LogP contribution in [-0.4, -0.2) is 46.7 Å². The first-order valence-corrected chi connectivity index (χ1v) is 10.4. The molecular formula is C22H28N4O3. The van der Waals surface area contributed by atoms with E-state index in [-0.39, 0.29) is 17.9 Å². The summed E-state index contributed by atoms with van der Waals surface area (Å²) in [6.45, 7) is 1.50. The Kier molecular flexibility index (Phi) is 5.94. The Morgan fingerprint density at radius 2 is 1.83 bits per heavy atom. The van der Waals surface area contributed by atoms with E-state index in [9.17, 15) is 9.59 Å². The molecule has 1 aliphatic heterocycles. The fourth-order valence-electron chi connectivity index (χ4n) is 4.16. The number of likely N-dealkylation sites (tertiary alicyclic amines) is 1. The average Bonchev–Trinajstić information content (AvgIpc) is 3.16. The van der Waals surface area contributed by atoms with Gasteiger partial charge in [-0.3, -0.25) is 9.59 Å². The fourth-order valence-corrected chi connectivity index (χ4v) is 4.16. The second-order valence-corrected chi connectivity index (χ2v) is 7.86. The van der Waals surface area contributed by atoms with E-state index in [2.05, 4.69) is 10.4 Å². The zero-order chi connectivity index (χ0) is 20.2. The molecule has 0 radical (unpaired) electrons. The molecule has 1 saturated carbocycles. The topological polar surface area (TPSA) is 76.5 Å². The molecule has 1 aromatic carbocycles. The molecule has 1 aliphatic carbocycles. The number of nitrogens with zero attached hydrogens (tertiary/aromatic N) is 3. The van der Waals surface area contributed by atoms with Gasteiger partial charge in [-0.1, -0.05) is 36.8 Å². The number of benzene rings is 1. The van der Waals surface area contributed by atoms with Crippen molar-refractivity contribution >= 4 is 17.6 Å². The van der Waals surface area contributed by atoms with Crippen LogP contribution in [0.1, 0.15) is 49.8 Å². The fraction of sp³-hybridized carbons (Fsp3) is 0.500. The number of hydrogen-bond donors (Lipinski definition) is 1. The van der Waals surface area contributed by atoms with Crippen LogP contribution in [0.3, 0.4) is 0 Å². The van der Waals surface area contributed by atoms with Crippen molar-refractivity contribution in [2.24, 2.45) is 5.92 Å². The zero-order valence-corrected chi connectivity index (χ0v) is 16.8. The number of aromatic nitrogens is 2. The van der Waals surface area contributed by atoms with Gasteiger partial charge in [0.1, 0.15) is 5.82 Å². The molecule has 0 spiro atoms. The highest BCUT2D eigenvalue weighted by molar-refractivity contribution is 5.94. The molecule has 7 heteroatoms. The molecule has 2 aliphatic rings. The molecule has 7 nitrogen and oxygen atoms in total. The molecule has 1 N–H and O–H groups in total. The molecule has 0 bridgehead atoms. The molecule has 2 heterocycles. The predicted molar refractivity (Wildman–Crippen MR) is 109 cm³/mol. The number of piperidine rings is 1. The summed E-state index contributed by atoms with van der Waals surface area (Å²) < 4.78 is 7.30. The minimum absolute atomic E-state index is 0.170. The number of ether oxygens (including phenoxy) is 1. The van der Waals surface area contributed by atoms with E-state index in [1.165, 1.54) is 13.5 Å². The van der Waals surface area contributed by atoms with Crippen molar-refractivity contribution in [3.63, 3.8) is 0 Å². The van der Waals surface area contributed by atoms with E-state index in [1.807, 2.05) is 46.0 Å². The van der Waals surface area contributed by atoms with Gasteiger partial charge in [0.2, 0.25) is 5.91 Å². The lowest BCUT2D eigenvalue weighted by Crippen LogP contribution is -2.44. The van der Waals surface area contributed by atoms with Gasteiger partial charge in [-0.05, 0) is 31.2 Å². The lowest BCUT2D eigenvalue weighted by atomic mass is 9.84. The van der Waals surface area contributed by atoms with E-state index in [1.54, 1.807) is 6.20 Å². The standard InChI is InChI=1S/C22H28N4O3/c1-29-20(16-6-3-2-4-7-16)21(27)24-19-10-13-23-26(19)18-11-14-25(15-12-18)22(28)17-8-5-9-17/h2-4,6-7,10,13,17-18,20H,5,8-9,11-12,14-15H2,1H3,(H,24,27)/t20-/m0/s1. The number of carbonyl (C=O) groups is 2. The minimum atomic E-state index is -0.679. The lowest BCUT2D eigenvalue weighted by Gasteiger charge is -2.37. The monoisotopic (exact) mass is 396 g/mol. The van der Waals surface area contributed by atoms with Crippen LogP contribution in [0.5, 0.6) is 0 Å². The molecule has 4 rings (SSSR count). The second-order valence-electron chi connectivity index (χ2n) is 7.86. The van der Waals surface area contributed by atoms with Gasteiger partial charge in [0.15, 0.2) is 6.10 Å². The van der Waals surface area contributed by atoms with Crippen LogP contribution < -0.4 is 5.32 Å². The first kappa shape index (κ1) is 19.6. The molecule has 2 amide bonds. The number of hydrogen-bond acceptors (Lipinski definition) is 4. The van der Waals surface area contributed by atoms with Crippen LogP contribution in [0.15, 0.2) is 42.6 Å². The first-order chi connectivity index (χ1) is 14.2. The van der Waals surface area contributed by atoms with Gasteiger partial charge in [-0.25, -0.2) is 4.68 Å². The summed E-state index contributed by atoms with van der Waals surface area (Å²) >= 11 is 0. The molecule has 2 fully saturated rings. The molecule has 1 aromatic heterocycles. The molecule has 2 aromatic rings. The van der Waals surface area contributed by atoms with Gasteiger partial charge in [-0.15, -0.1) is 0 Å². The van der Waals surface area contributed by atoms with Gasteiger partial charge in [-0.2, -0.15) is 5.10 Å². The Morgan fingerprint density at radius 1 is 1.10 bits per heavy atom. The van der Waals surface area contributed by atoms with E-state index in [0.717, 1.165) is 44.3 Å². The van der Waals surface area contributed by atoms with Crippen LogP contribution >= 0.6 is 0 Å².